The van der Waals surface area contributed by atoms with Crippen LogP contribution in [0.1, 0.15) is 54.4 Å². The van der Waals surface area contributed by atoms with E-state index >= 15 is 0 Å². The summed E-state index contributed by atoms with van der Waals surface area (Å²) in [6, 6.07) is 21.6. The van der Waals surface area contributed by atoms with E-state index in [4.69, 9.17) is 0 Å². The summed E-state index contributed by atoms with van der Waals surface area (Å²) in [4.78, 5) is -1.28. The third-order valence-corrected chi connectivity index (χ3v) is 12.1. The van der Waals surface area contributed by atoms with Gasteiger partial charge in [0.2, 0.25) is 0 Å². The first-order chi connectivity index (χ1) is 26.5. The standard InChI is InChI=1S/C40H36N4O10S2.Na/c1-22-16-26(8-12-32(22)41-43-36-34(55(49,50)51)18-24-6-10-28(45)20-30(24)38(36)47)40(14-4-3-5-15-40)27-9-13-33(23(2)17-27)42-44-37-35(56(52,53)54)19-25-7-11-29(46)21-31(25)39(37)48;/h6-13,16-21,45-48H,3-5,14-15H2,1-2H3,(H,49,50,51)(H,52,53,54);. The Balaban J connectivity index is 0.00000549. The minimum absolute atomic E-state index is 0. The summed E-state index contributed by atoms with van der Waals surface area (Å²) in [6.45, 7) is 3.66. The Bertz CT molecular complexity index is 2690. The molecule has 6 N–H and O–H groups in total. The molecule has 0 heterocycles. The molecule has 14 nitrogen and oxygen atoms in total. The number of hydrogen-bond acceptors (Lipinski definition) is 12. The predicted molar refractivity (Wildman–Crippen MR) is 215 cm³/mol. The summed E-state index contributed by atoms with van der Waals surface area (Å²) in [5.41, 5.74) is 2.85. The SMILES string of the molecule is Cc1cc(C2(c3ccc(N=Nc4c(S(=O)(=O)O)cc5ccc(O)cc5c4O)c(C)c3)CCCCC2)ccc1N=Nc1c(S(=O)(=O)O)cc2ccc(O)cc2c1O.[Na]. The maximum absolute atomic E-state index is 12.3. The van der Waals surface area contributed by atoms with Gasteiger partial charge in [-0.05, 0) is 108 Å². The zero-order valence-corrected chi connectivity index (χ0v) is 34.7. The second kappa shape index (κ2) is 15.8. The number of benzene rings is 6. The molecule has 0 unspecified atom stereocenters. The number of fused-ring (bicyclic) bond motifs is 2. The van der Waals surface area contributed by atoms with Gasteiger partial charge >= 0.3 is 0 Å². The van der Waals surface area contributed by atoms with Crippen LogP contribution in [0.2, 0.25) is 0 Å². The molecule has 0 amide bonds. The van der Waals surface area contributed by atoms with Crippen LogP contribution in [-0.2, 0) is 25.7 Å². The van der Waals surface area contributed by atoms with Crippen LogP contribution in [-0.4, -0.2) is 75.9 Å². The Morgan fingerprint density at radius 2 is 0.930 bits per heavy atom. The van der Waals surface area contributed by atoms with Gasteiger partial charge in [-0.3, -0.25) is 9.11 Å². The smallest absolute Gasteiger partial charge is 0.296 e. The minimum atomic E-state index is -4.82. The zero-order chi connectivity index (χ0) is 40.2. The number of nitrogens with zero attached hydrogens (tertiary/aromatic N) is 4. The van der Waals surface area contributed by atoms with Crippen molar-refractivity contribution < 1.29 is 46.4 Å². The summed E-state index contributed by atoms with van der Waals surface area (Å²) in [5, 5.41) is 59.3. The van der Waals surface area contributed by atoms with Crippen molar-refractivity contribution >= 4 is 94.1 Å². The van der Waals surface area contributed by atoms with Gasteiger partial charge in [-0.15, -0.1) is 10.2 Å². The minimum Gasteiger partial charge on any atom is -0.508 e. The van der Waals surface area contributed by atoms with Crippen LogP contribution in [0.4, 0.5) is 22.7 Å². The molecule has 6 aromatic rings. The average Bonchev–Trinajstić information content (AvgIpc) is 3.14. The molecule has 57 heavy (non-hydrogen) atoms. The fraction of sp³-hybridized carbons (Fsp3) is 0.200. The number of hydrogen-bond donors (Lipinski definition) is 6. The first-order valence-electron chi connectivity index (χ1n) is 17.4. The van der Waals surface area contributed by atoms with E-state index < -0.39 is 58.3 Å². The van der Waals surface area contributed by atoms with E-state index in [9.17, 15) is 46.4 Å². The van der Waals surface area contributed by atoms with Gasteiger partial charge in [0.25, 0.3) is 20.2 Å². The number of azo groups is 2. The van der Waals surface area contributed by atoms with Gasteiger partial charge in [-0.2, -0.15) is 27.1 Å². The molecular weight excluding hydrogens is 784 g/mol. The molecule has 17 heteroatoms. The molecule has 1 fully saturated rings. The molecule has 7 rings (SSSR count). The normalized spacial score (nSPS) is 14.7. The molecule has 6 aromatic carbocycles. The van der Waals surface area contributed by atoms with Crippen molar-refractivity contribution in [2.75, 3.05) is 0 Å². The molecule has 0 aromatic heterocycles. The number of phenols is 4. The summed E-state index contributed by atoms with van der Waals surface area (Å²) in [7, 11) is -9.64. The molecule has 0 bridgehead atoms. The number of phenolic OH excluding ortho intramolecular Hbond substituents is 4. The largest absolute Gasteiger partial charge is 0.508 e. The Hall–Kier alpha value is -4.94. The number of aromatic hydroxyl groups is 4. The summed E-state index contributed by atoms with van der Waals surface area (Å²) in [5.74, 6) is -1.47. The Morgan fingerprint density at radius 1 is 0.526 bits per heavy atom. The van der Waals surface area contributed by atoms with Gasteiger partial charge in [0.05, 0.1) is 11.4 Å². The van der Waals surface area contributed by atoms with Gasteiger partial charge in [-0.1, -0.05) is 55.7 Å². The van der Waals surface area contributed by atoms with E-state index in [0.29, 0.717) is 22.5 Å². The van der Waals surface area contributed by atoms with Crippen molar-refractivity contribution in [3.63, 3.8) is 0 Å². The number of aryl methyl sites for hydroxylation is 2. The van der Waals surface area contributed by atoms with Gasteiger partial charge in [0.1, 0.15) is 32.7 Å². The molecule has 1 saturated carbocycles. The van der Waals surface area contributed by atoms with Gasteiger partial charge < -0.3 is 20.4 Å². The van der Waals surface area contributed by atoms with Crippen molar-refractivity contribution in [2.45, 2.75) is 61.2 Å². The summed E-state index contributed by atoms with van der Waals surface area (Å²) in [6.07, 6.45) is 4.65. The second-order valence-electron chi connectivity index (χ2n) is 14.0. The topological polar surface area (TPSA) is 239 Å². The molecule has 1 radical (unpaired) electrons. The Morgan fingerprint density at radius 3 is 1.30 bits per heavy atom. The van der Waals surface area contributed by atoms with Crippen LogP contribution < -0.4 is 0 Å². The first kappa shape index (κ1) is 41.7. The quantitative estimate of drug-likeness (QED) is 0.0483. The van der Waals surface area contributed by atoms with Crippen LogP contribution in [0.3, 0.4) is 0 Å². The van der Waals surface area contributed by atoms with Crippen LogP contribution >= 0.6 is 0 Å². The van der Waals surface area contributed by atoms with Crippen molar-refractivity contribution in [3.05, 3.63) is 107 Å². The third-order valence-electron chi connectivity index (χ3n) is 10.3. The van der Waals surface area contributed by atoms with Crippen molar-refractivity contribution in [1.82, 2.24) is 0 Å². The van der Waals surface area contributed by atoms with E-state index in [2.05, 4.69) is 20.5 Å². The number of rotatable bonds is 8. The van der Waals surface area contributed by atoms with E-state index in [0.717, 1.165) is 55.4 Å². The van der Waals surface area contributed by atoms with Crippen LogP contribution in [0.15, 0.2) is 115 Å². The zero-order valence-electron chi connectivity index (χ0n) is 31.0. The fourth-order valence-corrected chi connectivity index (χ4v) is 8.80. The molecule has 0 atom stereocenters. The molecule has 289 valence electrons. The molecule has 0 aliphatic heterocycles. The summed E-state index contributed by atoms with van der Waals surface area (Å²) < 4.78 is 69.0. The molecule has 1 aliphatic carbocycles. The first-order valence-corrected chi connectivity index (χ1v) is 20.3. The van der Waals surface area contributed by atoms with E-state index in [1.807, 2.05) is 38.1 Å². The maximum Gasteiger partial charge on any atom is 0.296 e. The van der Waals surface area contributed by atoms with Crippen LogP contribution in [0.25, 0.3) is 21.5 Å². The molecule has 0 saturated heterocycles. The molecule has 1 aliphatic rings. The van der Waals surface area contributed by atoms with Crippen LogP contribution in [0, 0.1) is 13.8 Å². The van der Waals surface area contributed by atoms with Crippen molar-refractivity contribution in [1.29, 1.82) is 0 Å². The average molecular weight is 820 g/mol. The van der Waals surface area contributed by atoms with Crippen molar-refractivity contribution in [2.24, 2.45) is 20.5 Å². The third kappa shape index (κ3) is 8.12. The summed E-state index contributed by atoms with van der Waals surface area (Å²) >= 11 is 0. The second-order valence-corrected chi connectivity index (χ2v) is 16.7. The van der Waals surface area contributed by atoms with E-state index in [-0.39, 0.29) is 62.6 Å². The molecular formula is C40H36N4NaO10S2. The Labute approximate surface area is 350 Å². The fourth-order valence-electron chi connectivity index (χ4n) is 7.48. The van der Waals surface area contributed by atoms with Gasteiger partial charge in [0, 0.05) is 45.7 Å². The van der Waals surface area contributed by atoms with Gasteiger partial charge in [-0.25, -0.2) is 0 Å². The molecule has 0 spiro atoms. The van der Waals surface area contributed by atoms with Crippen LogP contribution in [0.5, 0.6) is 23.0 Å². The van der Waals surface area contributed by atoms with E-state index in [1.54, 1.807) is 12.1 Å². The Kier molecular flexibility index (Phi) is 11.5. The maximum atomic E-state index is 12.3. The van der Waals surface area contributed by atoms with Gasteiger partial charge in [0.15, 0.2) is 11.5 Å². The monoisotopic (exact) mass is 819 g/mol. The van der Waals surface area contributed by atoms with Crippen molar-refractivity contribution in [3.8, 4) is 23.0 Å². The predicted octanol–water partition coefficient (Wildman–Crippen LogP) is 9.63. The van der Waals surface area contributed by atoms with E-state index in [1.165, 1.54) is 36.4 Å².